The van der Waals surface area contributed by atoms with Crippen molar-refractivity contribution in [2.24, 2.45) is 0 Å². The average Bonchev–Trinajstić information content (AvgIpc) is 3.22. The van der Waals surface area contributed by atoms with E-state index in [-0.39, 0.29) is 12.0 Å². The number of carbonyl (C=O) groups excluding carboxylic acids is 1. The van der Waals surface area contributed by atoms with Crippen molar-refractivity contribution in [3.63, 3.8) is 0 Å². The average molecular weight is 377 g/mol. The van der Waals surface area contributed by atoms with Gasteiger partial charge in [0.15, 0.2) is 0 Å². The van der Waals surface area contributed by atoms with Gasteiger partial charge in [-0.15, -0.1) is 0 Å². The van der Waals surface area contributed by atoms with E-state index in [1.165, 1.54) is 28.7 Å². The molecule has 4 heteroatoms. The number of hydrogen-bond acceptors (Lipinski definition) is 3. The SMILES string of the molecule is O=C(OCC1c2ccccc2-c2ccccc21)N1CCC(O)C12CCCCC2. The number of carbonyl (C=O) groups is 1. The molecule has 4 nitrogen and oxygen atoms in total. The van der Waals surface area contributed by atoms with Gasteiger partial charge in [0.1, 0.15) is 6.61 Å². The number of benzene rings is 2. The molecule has 2 aromatic carbocycles. The first-order chi connectivity index (χ1) is 13.7. The van der Waals surface area contributed by atoms with Crippen LogP contribution in [0.2, 0.25) is 0 Å². The van der Waals surface area contributed by atoms with Crippen molar-refractivity contribution in [1.29, 1.82) is 0 Å². The number of aliphatic hydroxyl groups is 1. The highest BCUT2D eigenvalue weighted by molar-refractivity contribution is 5.79. The minimum Gasteiger partial charge on any atom is -0.448 e. The molecule has 3 aliphatic rings. The lowest BCUT2D eigenvalue weighted by Gasteiger charge is -2.42. The highest BCUT2D eigenvalue weighted by Gasteiger charge is 2.51. The minimum absolute atomic E-state index is 0.0752. The molecule has 5 rings (SSSR count). The highest BCUT2D eigenvalue weighted by Crippen LogP contribution is 2.45. The van der Waals surface area contributed by atoms with Gasteiger partial charge in [-0.25, -0.2) is 4.79 Å². The van der Waals surface area contributed by atoms with Crippen LogP contribution in [0.4, 0.5) is 4.79 Å². The number of likely N-dealkylation sites (tertiary alicyclic amines) is 1. The number of aliphatic hydroxyl groups excluding tert-OH is 1. The second kappa shape index (κ2) is 6.93. The van der Waals surface area contributed by atoms with Gasteiger partial charge in [0.25, 0.3) is 0 Å². The van der Waals surface area contributed by atoms with Crippen molar-refractivity contribution in [2.75, 3.05) is 13.2 Å². The van der Waals surface area contributed by atoms with Crippen LogP contribution < -0.4 is 0 Å². The predicted octanol–water partition coefficient (Wildman–Crippen LogP) is 4.71. The van der Waals surface area contributed by atoms with E-state index in [2.05, 4.69) is 36.4 Å². The van der Waals surface area contributed by atoms with Crippen LogP contribution in [0.3, 0.4) is 0 Å². The molecule has 28 heavy (non-hydrogen) atoms. The number of amides is 1. The Balaban J connectivity index is 1.36. The lowest BCUT2D eigenvalue weighted by Crippen LogP contribution is -2.54. The van der Waals surface area contributed by atoms with E-state index in [4.69, 9.17) is 4.74 Å². The molecule has 1 saturated carbocycles. The van der Waals surface area contributed by atoms with Crippen molar-refractivity contribution in [1.82, 2.24) is 4.90 Å². The van der Waals surface area contributed by atoms with Gasteiger partial charge in [0, 0.05) is 12.5 Å². The lowest BCUT2D eigenvalue weighted by molar-refractivity contribution is -0.00376. The number of ether oxygens (including phenoxy) is 1. The second-order valence-corrected chi connectivity index (χ2v) is 8.42. The first-order valence-corrected chi connectivity index (χ1v) is 10.5. The van der Waals surface area contributed by atoms with E-state index in [1.807, 2.05) is 17.0 Å². The third kappa shape index (κ3) is 2.66. The summed E-state index contributed by atoms with van der Waals surface area (Å²) in [6.45, 7) is 0.938. The Morgan fingerprint density at radius 1 is 1.00 bits per heavy atom. The summed E-state index contributed by atoms with van der Waals surface area (Å²) >= 11 is 0. The molecule has 1 saturated heterocycles. The second-order valence-electron chi connectivity index (χ2n) is 8.42. The molecular formula is C24H27NO3. The van der Waals surface area contributed by atoms with E-state index < -0.39 is 11.6 Å². The highest BCUT2D eigenvalue weighted by atomic mass is 16.6. The maximum absolute atomic E-state index is 13.0. The lowest BCUT2D eigenvalue weighted by atomic mass is 9.78. The van der Waals surface area contributed by atoms with Crippen LogP contribution in [-0.2, 0) is 4.74 Å². The molecule has 1 aliphatic heterocycles. The summed E-state index contributed by atoms with van der Waals surface area (Å²) in [6.07, 6.45) is 5.08. The van der Waals surface area contributed by atoms with Gasteiger partial charge in [-0.2, -0.15) is 0 Å². The molecule has 1 spiro atoms. The number of hydrogen-bond donors (Lipinski definition) is 1. The van der Waals surface area contributed by atoms with Gasteiger partial charge in [-0.05, 0) is 41.5 Å². The van der Waals surface area contributed by atoms with Crippen LogP contribution >= 0.6 is 0 Å². The minimum atomic E-state index is -0.423. The zero-order valence-electron chi connectivity index (χ0n) is 16.1. The summed E-state index contributed by atoms with van der Waals surface area (Å²) < 4.78 is 5.88. The molecular weight excluding hydrogens is 350 g/mol. The molecule has 2 aromatic rings. The Kier molecular flexibility index (Phi) is 4.39. The molecule has 2 fully saturated rings. The Hall–Kier alpha value is -2.33. The van der Waals surface area contributed by atoms with Crippen LogP contribution in [0.25, 0.3) is 11.1 Å². The molecule has 1 amide bonds. The van der Waals surface area contributed by atoms with Gasteiger partial charge in [-0.3, -0.25) is 4.90 Å². The molecule has 1 unspecified atom stereocenters. The fourth-order valence-corrected chi connectivity index (χ4v) is 5.63. The molecule has 1 atom stereocenters. The van der Waals surface area contributed by atoms with Gasteiger partial charge in [-0.1, -0.05) is 67.8 Å². The standard InChI is InChI=1S/C24H27NO3/c26-22-12-15-25(24(22)13-6-1-7-14-24)23(27)28-16-21-19-10-4-2-8-17(19)18-9-3-5-11-20(18)21/h2-5,8-11,21-22,26H,1,6-7,12-16H2. The molecule has 146 valence electrons. The van der Waals surface area contributed by atoms with Crippen molar-refractivity contribution in [2.45, 2.75) is 56.1 Å². The summed E-state index contributed by atoms with van der Waals surface area (Å²) in [5, 5.41) is 10.6. The third-order valence-electron chi connectivity index (χ3n) is 7.06. The number of rotatable bonds is 2. The molecule has 1 heterocycles. The van der Waals surface area contributed by atoms with Gasteiger partial charge in [0.2, 0.25) is 0 Å². The maximum atomic E-state index is 13.0. The van der Waals surface area contributed by atoms with Crippen molar-refractivity contribution >= 4 is 6.09 Å². The Morgan fingerprint density at radius 3 is 2.25 bits per heavy atom. The quantitative estimate of drug-likeness (QED) is 0.825. The van der Waals surface area contributed by atoms with Crippen LogP contribution in [0, 0.1) is 0 Å². The Morgan fingerprint density at radius 2 is 1.61 bits per heavy atom. The molecule has 2 aliphatic carbocycles. The topological polar surface area (TPSA) is 49.8 Å². The Bertz CT molecular complexity index is 841. The third-order valence-corrected chi connectivity index (χ3v) is 7.06. The summed E-state index contributed by atoms with van der Waals surface area (Å²) in [4.78, 5) is 14.9. The summed E-state index contributed by atoms with van der Waals surface area (Å²) in [5.41, 5.74) is 4.52. The normalized spacial score (nSPS) is 22.9. The number of nitrogens with zero attached hydrogens (tertiary/aromatic N) is 1. The van der Waals surface area contributed by atoms with E-state index in [9.17, 15) is 9.90 Å². The number of fused-ring (bicyclic) bond motifs is 3. The summed E-state index contributed by atoms with van der Waals surface area (Å²) in [6, 6.07) is 16.8. The van der Waals surface area contributed by atoms with Crippen molar-refractivity contribution in [3.8, 4) is 11.1 Å². The maximum Gasteiger partial charge on any atom is 0.410 e. The first kappa shape index (κ1) is 17.7. The first-order valence-electron chi connectivity index (χ1n) is 10.5. The van der Waals surface area contributed by atoms with Crippen LogP contribution in [0.15, 0.2) is 48.5 Å². The van der Waals surface area contributed by atoms with E-state index >= 15 is 0 Å². The van der Waals surface area contributed by atoms with E-state index in [0.717, 1.165) is 25.7 Å². The van der Waals surface area contributed by atoms with E-state index in [1.54, 1.807) is 0 Å². The van der Waals surface area contributed by atoms with E-state index in [0.29, 0.717) is 19.6 Å². The molecule has 1 N–H and O–H groups in total. The largest absolute Gasteiger partial charge is 0.448 e. The van der Waals surface area contributed by atoms with Crippen LogP contribution in [0.1, 0.15) is 55.6 Å². The molecule has 0 radical (unpaired) electrons. The monoisotopic (exact) mass is 377 g/mol. The van der Waals surface area contributed by atoms with Crippen molar-refractivity contribution < 1.29 is 14.6 Å². The van der Waals surface area contributed by atoms with Crippen LogP contribution in [-0.4, -0.2) is 40.9 Å². The van der Waals surface area contributed by atoms with Gasteiger partial charge < -0.3 is 9.84 Å². The zero-order chi connectivity index (χ0) is 19.1. The molecule has 0 aromatic heterocycles. The van der Waals surface area contributed by atoms with Crippen LogP contribution in [0.5, 0.6) is 0 Å². The zero-order valence-corrected chi connectivity index (χ0v) is 16.1. The van der Waals surface area contributed by atoms with Gasteiger partial charge >= 0.3 is 6.09 Å². The van der Waals surface area contributed by atoms with Crippen molar-refractivity contribution in [3.05, 3.63) is 59.7 Å². The fraction of sp³-hybridized carbons (Fsp3) is 0.458. The summed E-state index contributed by atoms with van der Waals surface area (Å²) in [5.74, 6) is 0.0752. The Labute approximate surface area is 166 Å². The predicted molar refractivity (Wildman–Crippen MR) is 108 cm³/mol. The molecule has 0 bridgehead atoms. The summed E-state index contributed by atoms with van der Waals surface area (Å²) in [7, 11) is 0. The fourth-order valence-electron chi connectivity index (χ4n) is 5.63. The smallest absolute Gasteiger partial charge is 0.410 e. The van der Waals surface area contributed by atoms with Gasteiger partial charge in [0.05, 0.1) is 11.6 Å².